The summed E-state index contributed by atoms with van der Waals surface area (Å²) in [6.07, 6.45) is 0. The zero-order chi connectivity index (χ0) is 2.00. The van der Waals surface area contributed by atoms with E-state index in [-0.39, 0.29) is 90.1 Å². The first-order chi connectivity index (χ1) is 1.00. The van der Waals surface area contributed by atoms with Crippen LogP contribution in [0.15, 0.2) is 0 Å². The van der Waals surface area contributed by atoms with Crippen molar-refractivity contribution in [3.63, 3.8) is 0 Å². The Morgan fingerprint density at radius 1 is 1.50 bits per heavy atom. The van der Waals surface area contributed by atoms with Crippen molar-refractivity contribution < 1.29 is 68.3 Å². The summed E-state index contributed by atoms with van der Waals surface area (Å²) >= 11 is 0.750. The first kappa shape index (κ1) is 15.7. The smallest absolute Gasteiger partial charge is 2.00 e. The van der Waals surface area contributed by atoms with E-state index in [1.807, 2.05) is 0 Å². The van der Waals surface area contributed by atoms with Crippen molar-refractivity contribution in [2.24, 2.45) is 0 Å². The van der Waals surface area contributed by atoms with Crippen LogP contribution in [0.4, 0.5) is 0 Å². The van der Waals surface area contributed by atoms with Crippen LogP contribution < -0.4 is 0 Å². The Labute approximate surface area is 111 Å². The van der Waals surface area contributed by atoms with Crippen LogP contribution in [0.3, 0.4) is 0 Å². The van der Waals surface area contributed by atoms with Crippen LogP contribution in [0.1, 0.15) is 2.85 Å². The molecule has 1 nitrogen and oxygen atoms in total. The van der Waals surface area contributed by atoms with Crippen LogP contribution in [-0.4, -0.2) is 45.5 Å². The summed E-state index contributed by atoms with van der Waals surface area (Å²) in [5, 5.41) is 0. The van der Waals surface area contributed by atoms with Gasteiger partial charge in [-0.1, -0.05) is 0 Å². The molecule has 0 aliphatic heterocycles. The summed E-state index contributed by atoms with van der Waals surface area (Å²) < 4.78 is 8.25. The maximum atomic E-state index is 8.25. The van der Waals surface area contributed by atoms with Gasteiger partial charge in [0.2, 0.25) is 0 Å². The fourth-order valence-electron chi connectivity index (χ4n) is 0. The Balaban J connectivity index is -0.000000000833. The maximum absolute atomic E-state index is 8.25. The molecule has 0 amide bonds. The molecule has 0 saturated carbocycles. The Bertz CT molecular complexity index is 13.5. The average Bonchev–Trinajstić information content (AvgIpc) is 1.00. The Morgan fingerprint density at radius 2 is 1.50 bits per heavy atom. The molecular weight excluding hydrogens is 292 g/mol. The second kappa shape index (κ2) is 16.2. The molecule has 0 saturated heterocycles. The van der Waals surface area contributed by atoms with E-state index in [4.69, 9.17) is 3.32 Å². The summed E-state index contributed by atoms with van der Waals surface area (Å²) in [5.74, 6) is 0. The minimum Gasteiger partial charge on any atom is 2.00 e. The third kappa shape index (κ3) is 9.03. The molecular formula is H2CeOSrTi. The molecule has 0 atom stereocenters. The van der Waals surface area contributed by atoms with Gasteiger partial charge in [0.05, 0.1) is 0 Å². The van der Waals surface area contributed by atoms with Crippen LogP contribution >= 0.6 is 0 Å². The van der Waals surface area contributed by atoms with Gasteiger partial charge in [-0.05, 0) is 0 Å². The minimum atomic E-state index is 0. The van der Waals surface area contributed by atoms with E-state index >= 15 is 0 Å². The molecule has 0 spiro atoms. The summed E-state index contributed by atoms with van der Waals surface area (Å²) in [7, 11) is 0. The molecule has 0 radical (unpaired) electrons. The van der Waals surface area contributed by atoms with E-state index in [0.717, 1.165) is 20.4 Å². The zero-order valence-corrected chi connectivity index (χ0v) is 10.3. The molecule has 0 aromatic heterocycles. The van der Waals surface area contributed by atoms with E-state index in [1.165, 1.54) is 0 Å². The van der Waals surface area contributed by atoms with Crippen molar-refractivity contribution >= 4 is 45.5 Å². The second-order valence-corrected chi connectivity index (χ2v) is 0. The van der Waals surface area contributed by atoms with Gasteiger partial charge in [0, 0.05) is 41.7 Å². The van der Waals surface area contributed by atoms with Crippen molar-refractivity contribution in [2.45, 2.75) is 0 Å². The molecule has 0 fully saturated rings. The summed E-state index contributed by atoms with van der Waals surface area (Å²) in [4.78, 5) is 0. The summed E-state index contributed by atoms with van der Waals surface area (Å²) in [6, 6.07) is 0. The van der Waals surface area contributed by atoms with Crippen molar-refractivity contribution in [1.29, 1.82) is 0 Å². The summed E-state index contributed by atoms with van der Waals surface area (Å²) in [6.45, 7) is 0. The van der Waals surface area contributed by atoms with Gasteiger partial charge in [-0.3, -0.25) is 0 Å². The fourth-order valence-corrected chi connectivity index (χ4v) is 0. The number of hydrogen-bond acceptors (Lipinski definition) is 1. The van der Waals surface area contributed by atoms with E-state index < -0.39 is 0 Å². The van der Waals surface area contributed by atoms with Gasteiger partial charge in [-0.15, -0.1) is 0 Å². The fraction of sp³-hybridized carbons (Fsp3) is 0. The molecule has 0 unspecified atom stereocenters. The van der Waals surface area contributed by atoms with Crippen LogP contribution in [0.2, 0.25) is 0 Å². The zero-order valence-electron chi connectivity index (χ0n) is 4.12. The average molecular weight is 294 g/mol. The van der Waals surface area contributed by atoms with E-state index in [2.05, 4.69) is 0 Å². The summed E-state index contributed by atoms with van der Waals surface area (Å²) in [5.41, 5.74) is 0. The molecule has 4 heavy (non-hydrogen) atoms. The topological polar surface area (TPSA) is 17.1 Å². The Morgan fingerprint density at radius 3 is 1.50 bits per heavy atom. The quantitative estimate of drug-likeness (QED) is 0.562. The van der Waals surface area contributed by atoms with E-state index in [0.29, 0.717) is 0 Å². The van der Waals surface area contributed by atoms with Gasteiger partial charge in [0.1, 0.15) is 0 Å². The first-order valence-corrected chi connectivity index (χ1v) is 0.842. The van der Waals surface area contributed by atoms with Gasteiger partial charge in [0.25, 0.3) is 0 Å². The normalized spacial score (nSPS) is 0.750. The monoisotopic (exact) mass is 294 g/mol. The van der Waals surface area contributed by atoms with Gasteiger partial charge in [-0.2, -0.15) is 0 Å². The molecule has 0 bridgehead atoms. The molecule has 0 N–H and O–H groups in total. The van der Waals surface area contributed by atoms with Crippen LogP contribution in [0.5, 0.6) is 0 Å². The van der Waals surface area contributed by atoms with Gasteiger partial charge in [-0.25, -0.2) is 0 Å². The standard InChI is InChI=1S/Ce.O.Sr.Ti.2H/q;;+2;;2*-1. The van der Waals surface area contributed by atoms with Crippen molar-refractivity contribution in [1.82, 2.24) is 0 Å². The second-order valence-electron chi connectivity index (χ2n) is 0. The predicted molar refractivity (Wildman–Crippen MR) is 8.66 cm³/mol. The van der Waals surface area contributed by atoms with Gasteiger partial charge >= 0.3 is 69.2 Å². The van der Waals surface area contributed by atoms with Gasteiger partial charge in [0.15, 0.2) is 0 Å². The minimum absolute atomic E-state index is 0. The molecule has 4 heteroatoms. The Kier molecular flexibility index (Phi) is 63.3. The van der Waals surface area contributed by atoms with Crippen molar-refractivity contribution in [3.05, 3.63) is 0 Å². The molecule has 18 valence electrons. The van der Waals surface area contributed by atoms with Crippen LogP contribution in [-0.2, 0) is 23.7 Å². The first-order valence-electron chi connectivity index (χ1n) is 0.204. The third-order valence-corrected chi connectivity index (χ3v) is 0. The third-order valence-electron chi connectivity index (χ3n) is 0. The van der Waals surface area contributed by atoms with Crippen LogP contribution in [0.25, 0.3) is 0 Å². The van der Waals surface area contributed by atoms with Crippen molar-refractivity contribution in [2.75, 3.05) is 0 Å². The molecule has 0 rings (SSSR count). The molecule has 0 aromatic carbocycles. The van der Waals surface area contributed by atoms with E-state index in [9.17, 15) is 0 Å². The van der Waals surface area contributed by atoms with Crippen molar-refractivity contribution in [3.8, 4) is 0 Å². The van der Waals surface area contributed by atoms with Gasteiger partial charge < -0.3 is 2.85 Å². The SMILES string of the molecule is [Ce].[H-].[H-].[O]=[Ti].[Sr+2]. The number of hydrogen-bond donors (Lipinski definition) is 0. The van der Waals surface area contributed by atoms with Crippen LogP contribution in [0, 0.1) is 41.7 Å². The Hall–Kier alpha value is 3.37. The number of rotatable bonds is 0. The largest absolute Gasteiger partial charge is 2.00 e. The van der Waals surface area contributed by atoms with E-state index in [1.54, 1.807) is 0 Å². The predicted octanol–water partition coefficient (Wildman–Crippen LogP) is -0.277. The molecule has 0 aromatic rings. The molecule has 0 aliphatic rings. The maximum Gasteiger partial charge on any atom is 2.00 e. The molecule has 0 aliphatic carbocycles. The molecule has 0 heterocycles.